The van der Waals surface area contributed by atoms with Crippen molar-refractivity contribution in [2.75, 3.05) is 62.3 Å². The van der Waals surface area contributed by atoms with Gasteiger partial charge in [-0.05, 0) is 168 Å². The number of nitrogens with zero attached hydrogens (tertiary/aromatic N) is 12. The molecule has 0 radical (unpaired) electrons. The average Bonchev–Trinajstić information content (AvgIpc) is 1.64. The number of amides is 2. The van der Waals surface area contributed by atoms with Gasteiger partial charge >= 0.3 is 24.2 Å². The fourth-order valence-corrected chi connectivity index (χ4v) is 23.7. The Kier molecular flexibility index (Phi) is 92.8. The number of aliphatic hydroxyl groups is 1. The Bertz CT molecular complexity index is 4610. The summed E-state index contributed by atoms with van der Waals surface area (Å²) in [5, 5.41) is 15.6. The van der Waals surface area contributed by atoms with Crippen LogP contribution in [0.2, 0.25) is 0 Å². The summed E-state index contributed by atoms with van der Waals surface area (Å²) in [6, 6.07) is 36.0. The smallest absolute Gasteiger partial charge is 0.373 e. The van der Waals surface area contributed by atoms with Crippen LogP contribution in [-0.2, 0) is 38.2 Å². The fourth-order valence-electron chi connectivity index (χ4n) is 10.9. The molecule has 140 heavy (non-hydrogen) atoms. The van der Waals surface area contributed by atoms with Gasteiger partial charge in [-0.15, -0.1) is 47.0 Å². The van der Waals surface area contributed by atoms with E-state index in [1.165, 1.54) is 186 Å². The number of hydrogen-bond acceptors (Lipinski definition) is 30. The molecule has 0 aromatic heterocycles. The molecule has 1 heterocycles. The number of thiocarbonyl (C=S) groups is 7. The van der Waals surface area contributed by atoms with Crippen LogP contribution in [0.15, 0.2) is 125 Å². The van der Waals surface area contributed by atoms with E-state index in [2.05, 4.69) is 84.2 Å². The summed E-state index contributed by atoms with van der Waals surface area (Å²) in [6.07, 6.45) is 36.6. The maximum absolute atomic E-state index is 12.1. The van der Waals surface area contributed by atoms with Crippen LogP contribution in [0.4, 0.5) is 0 Å². The number of imide groups is 1. The summed E-state index contributed by atoms with van der Waals surface area (Å²) >= 11 is 51.9. The van der Waals surface area contributed by atoms with Crippen LogP contribution in [0.3, 0.4) is 0 Å². The second-order valence-corrected chi connectivity index (χ2v) is 50.4. The first-order valence-electron chi connectivity index (χ1n) is 46.2. The van der Waals surface area contributed by atoms with Crippen molar-refractivity contribution in [1.29, 1.82) is 0 Å². The number of carbonyl (C=O) groups is 4. The Morgan fingerprint density at radius 2 is 0.686 bits per heavy atom. The third kappa shape index (κ3) is 76.5. The third-order valence-electron chi connectivity index (χ3n) is 19.5. The van der Waals surface area contributed by atoms with Crippen molar-refractivity contribution in [2.45, 2.75) is 306 Å². The molecular formula is C100H138N12O11S17. The highest BCUT2D eigenvalue weighted by molar-refractivity contribution is 8.48. The first-order valence-corrected chi connectivity index (χ1v) is 58.3. The SMILES string of the molecule is CCCCSC(=S)SCN1C(=O)c2ccccc2C1=O.CSC(C)=S.O=C=O.O=C=O.[C-]#[N+]C(C)(CC)SC(=S)SCCCCCCCCCCCC.[C-]#[N+]C(C)(CC)SC(=S)c1ccccc1.[C-]#[N+]C(C)(CCC(=O)OCCCN=[N+]=[N-])SC(=S)SCCCCCCCCCCCC.[C-]#[N+]C(C)(CCC(=O)OCCCN=[N+]=[N-])SC(=S)c1ccccc1.[C-]#[N+]C(C)(CCCO)SC(=S)c1ccccc1. The lowest BCUT2D eigenvalue weighted by Gasteiger charge is -2.16. The predicted molar refractivity (Wildman–Crippen MR) is 627 cm³/mol. The van der Waals surface area contributed by atoms with Crippen LogP contribution in [0, 0.1) is 32.9 Å². The van der Waals surface area contributed by atoms with E-state index in [9.17, 15) is 19.2 Å². The summed E-state index contributed by atoms with van der Waals surface area (Å²) in [5.41, 5.74) is 20.2. The van der Waals surface area contributed by atoms with Crippen molar-refractivity contribution in [3.63, 3.8) is 0 Å². The maximum atomic E-state index is 12.1. The van der Waals surface area contributed by atoms with E-state index >= 15 is 0 Å². The van der Waals surface area contributed by atoms with Crippen molar-refractivity contribution in [1.82, 2.24) is 4.90 Å². The van der Waals surface area contributed by atoms with E-state index in [0.717, 1.165) is 89.2 Å². The first kappa shape index (κ1) is 140. The van der Waals surface area contributed by atoms with Crippen LogP contribution >= 0.6 is 203 Å². The highest BCUT2D eigenvalue weighted by Crippen LogP contribution is 2.40. The van der Waals surface area contributed by atoms with E-state index < -0.39 is 19.5 Å². The summed E-state index contributed by atoms with van der Waals surface area (Å²) in [7, 11) is 0. The predicted octanol–water partition coefficient (Wildman–Crippen LogP) is 32.7. The molecule has 0 bridgehead atoms. The molecule has 1 N–H and O–H groups in total. The van der Waals surface area contributed by atoms with Crippen LogP contribution in [-0.4, -0.2) is 160 Å². The van der Waals surface area contributed by atoms with Crippen molar-refractivity contribution >= 4 is 267 Å². The number of thioether (sulfide) groups is 10. The van der Waals surface area contributed by atoms with Gasteiger partial charge in [0.05, 0.1) is 55.6 Å². The summed E-state index contributed by atoms with van der Waals surface area (Å²) in [5.74, 6) is 2.25. The topological polar surface area (TPSA) is 298 Å². The van der Waals surface area contributed by atoms with Crippen molar-refractivity contribution in [2.24, 2.45) is 10.2 Å². The maximum Gasteiger partial charge on any atom is 0.373 e. The molecule has 0 fully saturated rings. The van der Waals surface area contributed by atoms with Crippen molar-refractivity contribution in [3.8, 4) is 0 Å². The molecule has 2 amide bonds. The van der Waals surface area contributed by atoms with Gasteiger partial charge in [-0.2, -0.15) is 19.2 Å². The lowest BCUT2D eigenvalue weighted by atomic mass is 10.1. The Labute approximate surface area is 914 Å². The second-order valence-electron chi connectivity index (χ2n) is 31.2. The van der Waals surface area contributed by atoms with Gasteiger partial charge in [-0.1, -0.05) is 367 Å². The molecule has 766 valence electrons. The number of rotatable bonds is 54. The zero-order valence-corrected chi connectivity index (χ0v) is 96.7. The molecule has 23 nitrogen and oxygen atoms in total. The van der Waals surface area contributed by atoms with Gasteiger partial charge in [-0.3, -0.25) is 48.3 Å². The van der Waals surface area contributed by atoms with Gasteiger partial charge in [0.1, 0.15) is 10.6 Å². The standard InChI is InChI=1S/C22H38N4O2S3.C18H33NS3.C16H18N4O2S2.C14H15NO2S3.C13H15NOS2.C12H13NS2.C3H6S2.2CO2/c1-4-5-6-7-8-9-10-11-12-13-19-30-21(29)31-22(2,24-3)16-15-20(27)28-18-14-17-25-26-23;1-5-7-8-9-10-11-12-13-14-15-16-21-17(20)22-18(3,6-2)19-4;1-16(18-2,24-15(23)13-7-4-3-5-8-13)10-9-14(21)22-12-6-11-19-20-17;1-2-3-8-19-14(18)20-9-15-12(16)10-6-4-5-7-11(10)13(15)17;1-13(14-2,9-6-10-15)17-12(16)11-7-4-3-5-8-11;1-4-12(2,13-3)15-11(14)10-8-6-5-7-9-10;1-3(4)5-2;2*2-1-3/h4-19H2,1-2H3;5-16H2,1-3H3;3-5,7-8H,6,9-12H2,1H3;4-7H,2-3,8-9H2,1H3;3-5,7-8,15H,6,9-10H2,1H3;5-9H,4H2,1-2H3;1-2H3;;. The molecule has 0 saturated carbocycles. The minimum absolute atomic E-state index is 0.115. The number of ether oxygens (including phenoxy) is 2. The molecule has 40 heteroatoms. The minimum atomic E-state index is -0.808. The number of fused-ring (bicyclic) bond motifs is 1. The largest absolute Gasteiger partial charge is 0.466 e. The van der Waals surface area contributed by atoms with E-state index in [4.69, 9.17) is 151 Å². The molecule has 5 atom stereocenters. The third-order valence-corrected chi connectivity index (χ3v) is 34.2. The van der Waals surface area contributed by atoms with Gasteiger partial charge in [0, 0.05) is 100 Å². The van der Waals surface area contributed by atoms with Crippen LogP contribution in [0.5, 0.6) is 0 Å². The summed E-state index contributed by atoms with van der Waals surface area (Å²) in [6.45, 7) is 59.8. The van der Waals surface area contributed by atoms with Crippen molar-refractivity contribution in [3.05, 3.63) is 221 Å². The number of benzene rings is 4. The van der Waals surface area contributed by atoms with Gasteiger partial charge in [0.2, 0.25) is 0 Å². The van der Waals surface area contributed by atoms with Crippen molar-refractivity contribution < 1.29 is 52.9 Å². The number of aliphatic hydroxyl groups excluding tert-OH is 1. The molecule has 0 spiro atoms. The molecule has 5 unspecified atom stereocenters. The first-order chi connectivity index (χ1) is 67.0. The number of hydrogen-bond donors (Lipinski definition) is 1. The Morgan fingerprint density at radius 1 is 0.407 bits per heavy atom. The van der Waals surface area contributed by atoms with Gasteiger partial charge < -0.3 is 14.6 Å². The highest BCUT2D eigenvalue weighted by Gasteiger charge is 2.38. The molecule has 0 saturated heterocycles. The van der Waals surface area contributed by atoms with Gasteiger partial charge in [0.25, 0.3) is 36.2 Å². The molecule has 4 aromatic carbocycles. The Hall–Kier alpha value is -6.12. The Balaban J connectivity index is -0.000000783. The van der Waals surface area contributed by atoms with E-state index in [1.54, 1.807) is 90.0 Å². The zero-order valence-electron chi connectivity index (χ0n) is 82.8. The zero-order chi connectivity index (χ0) is 106. The molecule has 5 rings (SSSR count). The average molecular weight is 2230 g/mol. The molecule has 1 aliphatic rings. The van der Waals surface area contributed by atoms with E-state index in [-0.39, 0.29) is 73.6 Å². The fraction of sp³-hybridized carbons (Fsp3) is 0.580. The van der Waals surface area contributed by atoms with Gasteiger partial charge in [0.15, 0.2) is 0 Å². The highest BCUT2D eigenvalue weighted by atomic mass is 32.2. The van der Waals surface area contributed by atoms with Crippen LogP contribution in [0.1, 0.15) is 319 Å². The number of unbranched alkanes of at least 4 members (excludes halogenated alkanes) is 19. The molecule has 4 aromatic rings. The second kappa shape index (κ2) is 92.7. The normalized spacial score (nSPS) is 12.5. The monoisotopic (exact) mass is 2230 g/mol. The number of carbonyl (C=O) groups excluding carboxylic acids is 8. The van der Waals surface area contributed by atoms with Gasteiger partial charge in [-0.25, -0.2) is 32.9 Å². The molecular weight excluding hydrogens is 2090 g/mol. The van der Waals surface area contributed by atoms with E-state index in [0.29, 0.717) is 72.8 Å². The quantitative estimate of drug-likeness (QED) is 0.00627. The molecule has 0 aliphatic carbocycles. The summed E-state index contributed by atoms with van der Waals surface area (Å²) in [4.78, 5) is 102. The number of azide groups is 2. The van der Waals surface area contributed by atoms with Crippen LogP contribution in [0.25, 0.3) is 45.1 Å². The lowest BCUT2D eigenvalue weighted by molar-refractivity contribution is -0.193. The summed E-state index contributed by atoms with van der Waals surface area (Å²) < 4.78 is 15.8. The van der Waals surface area contributed by atoms with E-state index in [1.807, 2.05) is 139 Å². The molecule has 1 aliphatic heterocycles. The number of esters is 2. The lowest BCUT2D eigenvalue weighted by Crippen LogP contribution is -2.29. The Morgan fingerprint density at radius 3 is 0.993 bits per heavy atom. The minimum Gasteiger partial charge on any atom is -0.466 e. The van der Waals surface area contributed by atoms with Crippen LogP contribution < -0.4 is 0 Å².